The molecule has 0 saturated carbocycles. The highest BCUT2D eigenvalue weighted by atomic mass is 35.5. The molecule has 1 aliphatic heterocycles. The van der Waals surface area contributed by atoms with Crippen molar-refractivity contribution in [3.8, 4) is 0 Å². The molecule has 1 aliphatic rings. The first-order valence-electron chi connectivity index (χ1n) is 5.96. The zero-order valence-corrected chi connectivity index (χ0v) is 12.2. The van der Waals surface area contributed by atoms with Gasteiger partial charge in [0.1, 0.15) is 5.82 Å². The predicted molar refractivity (Wildman–Crippen MR) is 75.3 cm³/mol. The number of hydrogen-bond acceptors (Lipinski definition) is 2. The number of nitrogens with zero attached hydrogens (tertiary/aromatic N) is 1. The van der Waals surface area contributed by atoms with Crippen LogP contribution in [0, 0.1) is 5.82 Å². The van der Waals surface area contributed by atoms with E-state index in [0.29, 0.717) is 10.0 Å². The lowest BCUT2D eigenvalue weighted by Crippen LogP contribution is -2.61. The van der Waals surface area contributed by atoms with Crippen molar-refractivity contribution in [2.75, 3.05) is 18.0 Å². The predicted octanol–water partition coefficient (Wildman–Crippen LogP) is 3.71. The van der Waals surface area contributed by atoms with Crippen LogP contribution in [0.15, 0.2) is 12.1 Å². The van der Waals surface area contributed by atoms with Gasteiger partial charge in [-0.3, -0.25) is 0 Å². The van der Waals surface area contributed by atoms with Crippen LogP contribution in [0.5, 0.6) is 0 Å². The van der Waals surface area contributed by atoms with Crippen molar-refractivity contribution in [2.24, 2.45) is 0 Å². The Labute approximate surface area is 117 Å². The lowest BCUT2D eigenvalue weighted by atomic mass is 9.98. The summed E-state index contributed by atoms with van der Waals surface area (Å²) in [6.45, 7) is 7.96. The fourth-order valence-electron chi connectivity index (χ4n) is 2.28. The Hall–Kier alpha value is -0.510. The van der Waals surface area contributed by atoms with Crippen LogP contribution < -0.4 is 10.2 Å². The molecule has 1 saturated heterocycles. The lowest BCUT2D eigenvalue weighted by Gasteiger charge is -2.45. The third kappa shape index (κ3) is 2.73. The Balaban J connectivity index is 2.41. The summed E-state index contributed by atoms with van der Waals surface area (Å²) < 4.78 is 13.2. The molecule has 1 unspecified atom stereocenters. The second-order valence-corrected chi connectivity index (χ2v) is 6.27. The molecule has 100 valence electrons. The van der Waals surface area contributed by atoms with Gasteiger partial charge in [0.15, 0.2) is 0 Å². The molecule has 5 heteroatoms. The summed E-state index contributed by atoms with van der Waals surface area (Å²) in [5.41, 5.74) is 0.704. The van der Waals surface area contributed by atoms with Crippen molar-refractivity contribution >= 4 is 28.9 Å². The first-order valence-corrected chi connectivity index (χ1v) is 6.72. The molecule has 1 aromatic rings. The Bertz CT molecular complexity index is 439. The Kier molecular flexibility index (Phi) is 3.77. The van der Waals surface area contributed by atoms with Crippen LogP contribution >= 0.6 is 23.2 Å². The van der Waals surface area contributed by atoms with Crippen LogP contribution in [0.25, 0.3) is 0 Å². The zero-order valence-electron chi connectivity index (χ0n) is 10.7. The van der Waals surface area contributed by atoms with Gasteiger partial charge in [-0.1, -0.05) is 23.2 Å². The van der Waals surface area contributed by atoms with E-state index >= 15 is 0 Å². The fourth-order valence-corrected chi connectivity index (χ4v) is 2.96. The van der Waals surface area contributed by atoms with Crippen molar-refractivity contribution in [3.05, 3.63) is 28.0 Å². The van der Waals surface area contributed by atoms with Crippen LogP contribution in [-0.4, -0.2) is 24.7 Å². The summed E-state index contributed by atoms with van der Waals surface area (Å²) >= 11 is 12.3. The van der Waals surface area contributed by atoms with Crippen LogP contribution in [0.3, 0.4) is 0 Å². The molecular formula is C13H17Cl2FN2. The van der Waals surface area contributed by atoms with Gasteiger partial charge in [-0.2, -0.15) is 0 Å². The van der Waals surface area contributed by atoms with Crippen LogP contribution in [0.4, 0.5) is 10.1 Å². The number of nitrogens with one attached hydrogen (secondary N) is 1. The molecule has 2 nitrogen and oxygen atoms in total. The van der Waals surface area contributed by atoms with Crippen molar-refractivity contribution in [1.82, 2.24) is 5.32 Å². The number of benzene rings is 1. The molecule has 0 bridgehead atoms. The number of hydrogen-bond donors (Lipinski definition) is 1. The standard InChI is InChI=1S/C13H17Cl2FN2/c1-8-6-17-13(2,3)7-18(8)12-10(14)4-9(16)5-11(12)15/h4-5,8,17H,6-7H2,1-3H3. The second-order valence-electron chi connectivity index (χ2n) is 5.46. The van der Waals surface area contributed by atoms with Crippen LogP contribution in [0.2, 0.25) is 10.0 Å². The van der Waals surface area contributed by atoms with E-state index in [-0.39, 0.29) is 11.6 Å². The summed E-state index contributed by atoms with van der Waals surface area (Å²) in [7, 11) is 0. The SMILES string of the molecule is CC1CNC(C)(C)CN1c1c(Cl)cc(F)cc1Cl. The molecular weight excluding hydrogens is 274 g/mol. The molecule has 0 radical (unpaired) electrons. The lowest BCUT2D eigenvalue weighted by molar-refractivity contribution is 0.318. The topological polar surface area (TPSA) is 15.3 Å². The van der Waals surface area contributed by atoms with Crippen molar-refractivity contribution < 1.29 is 4.39 Å². The summed E-state index contributed by atoms with van der Waals surface area (Å²) in [5.74, 6) is -0.407. The van der Waals surface area contributed by atoms with E-state index in [2.05, 4.69) is 31.0 Å². The van der Waals surface area contributed by atoms with Gasteiger partial charge in [-0.25, -0.2) is 4.39 Å². The largest absolute Gasteiger partial charge is 0.363 e. The molecule has 1 fully saturated rings. The highest BCUT2D eigenvalue weighted by Crippen LogP contribution is 2.37. The van der Waals surface area contributed by atoms with E-state index in [1.807, 2.05) is 0 Å². The van der Waals surface area contributed by atoms with Gasteiger partial charge in [0, 0.05) is 24.7 Å². The third-order valence-corrected chi connectivity index (χ3v) is 3.82. The van der Waals surface area contributed by atoms with Gasteiger partial charge in [-0.15, -0.1) is 0 Å². The average molecular weight is 291 g/mol. The fraction of sp³-hybridized carbons (Fsp3) is 0.538. The maximum absolute atomic E-state index is 13.2. The minimum atomic E-state index is -0.407. The zero-order chi connectivity index (χ0) is 13.5. The van der Waals surface area contributed by atoms with Crippen molar-refractivity contribution in [1.29, 1.82) is 0 Å². The minimum absolute atomic E-state index is 0.0203. The number of halogens is 3. The monoisotopic (exact) mass is 290 g/mol. The van der Waals surface area contributed by atoms with E-state index in [4.69, 9.17) is 23.2 Å². The van der Waals surface area contributed by atoms with Gasteiger partial charge >= 0.3 is 0 Å². The number of rotatable bonds is 1. The molecule has 2 rings (SSSR count). The van der Waals surface area contributed by atoms with E-state index in [1.165, 1.54) is 12.1 Å². The number of anilines is 1. The highest BCUT2D eigenvalue weighted by Gasteiger charge is 2.32. The van der Waals surface area contributed by atoms with Gasteiger partial charge in [-0.05, 0) is 32.9 Å². The van der Waals surface area contributed by atoms with E-state index in [0.717, 1.165) is 18.8 Å². The normalized spacial score (nSPS) is 23.2. The first kappa shape index (κ1) is 13.9. The van der Waals surface area contributed by atoms with Gasteiger partial charge in [0.25, 0.3) is 0 Å². The van der Waals surface area contributed by atoms with Crippen molar-refractivity contribution in [2.45, 2.75) is 32.4 Å². The van der Waals surface area contributed by atoms with E-state index in [9.17, 15) is 4.39 Å². The molecule has 18 heavy (non-hydrogen) atoms. The number of piperazine rings is 1. The molecule has 0 spiro atoms. The Morgan fingerprint density at radius 2 is 1.89 bits per heavy atom. The second kappa shape index (κ2) is 4.87. The third-order valence-electron chi connectivity index (χ3n) is 3.24. The average Bonchev–Trinajstić information content (AvgIpc) is 2.21. The molecule has 0 aromatic heterocycles. The summed E-state index contributed by atoms with van der Waals surface area (Å²) in [6.07, 6.45) is 0. The van der Waals surface area contributed by atoms with Crippen LogP contribution in [0.1, 0.15) is 20.8 Å². The quantitative estimate of drug-likeness (QED) is 0.848. The Morgan fingerprint density at radius 3 is 2.44 bits per heavy atom. The maximum atomic E-state index is 13.2. The molecule has 1 heterocycles. The maximum Gasteiger partial charge on any atom is 0.126 e. The summed E-state index contributed by atoms with van der Waals surface area (Å²) in [5, 5.41) is 4.19. The Morgan fingerprint density at radius 1 is 1.33 bits per heavy atom. The van der Waals surface area contributed by atoms with E-state index < -0.39 is 5.82 Å². The molecule has 1 atom stereocenters. The first-order chi connectivity index (χ1) is 8.30. The highest BCUT2D eigenvalue weighted by molar-refractivity contribution is 6.39. The van der Waals surface area contributed by atoms with E-state index in [1.54, 1.807) is 0 Å². The van der Waals surface area contributed by atoms with Crippen molar-refractivity contribution in [3.63, 3.8) is 0 Å². The smallest absolute Gasteiger partial charge is 0.126 e. The molecule has 1 aromatic carbocycles. The molecule has 0 amide bonds. The molecule has 0 aliphatic carbocycles. The molecule has 1 N–H and O–H groups in total. The van der Waals surface area contributed by atoms with Crippen LogP contribution in [-0.2, 0) is 0 Å². The summed E-state index contributed by atoms with van der Waals surface area (Å²) in [6, 6.07) is 2.88. The minimum Gasteiger partial charge on any atom is -0.363 e. The van der Waals surface area contributed by atoms with Gasteiger partial charge < -0.3 is 10.2 Å². The van der Waals surface area contributed by atoms with Gasteiger partial charge in [0.2, 0.25) is 0 Å². The summed E-state index contributed by atoms with van der Waals surface area (Å²) in [4.78, 5) is 2.14. The van der Waals surface area contributed by atoms with Gasteiger partial charge in [0.05, 0.1) is 15.7 Å².